The molecular weight excluding hydrogens is 560 g/mol. The van der Waals surface area contributed by atoms with Crippen molar-refractivity contribution in [2.24, 2.45) is 5.73 Å². The van der Waals surface area contributed by atoms with E-state index >= 15 is 0 Å². The number of nitrogens with zero attached hydrogens (tertiary/aromatic N) is 3. The number of benzene rings is 1. The zero-order valence-corrected chi connectivity index (χ0v) is 22.2. The predicted molar refractivity (Wildman–Crippen MR) is 141 cm³/mol. The molecule has 180 valence electrons. The topological polar surface area (TPSA) is 122 Å². The van der Waals surface area contributed by atoms with Crippen molar-refractivity contribution in [1.82, 2.24) is 4.98 Å². The molecule has 10 heteroatoms. The van der Waals surface area contributed by atoms with E-state index in [1.54, 1.807) is 30.4 Å². The van der Waals surface area contributed by atoms with Crippen molar-refractivity contribution in [2.45, 2.75) is 17.9 Å². The lowest BCUT2D eigenvalue weighted by molar-refractivity contribution is -0.139. The van der Waals surface area contributed by atoms with E-state index in [9.17, 15) is 15.3 Å². The summed E-state index contributed by atoms with van der Waals surface area (Å²) in [5.74, 6) is -1.07. The van der Waals surface area contributed by atoms with Crippen LogP contribution in [-0.2, 0) is 14.3 Å². The fourth-order valence-corrected chi connectivity index (χ4v) is 5.83. The minimum Gasteiger partial charge on any atom is -0.463 e. The fourth-order valence-electron chi connectivity index (χ4n) is 3.71. The van der Waals surface area contributed by atoms with Gasteiger partial charge in [0.1, 0.15) is 28.5 Å². The van der Waals surface area contributed by atoms with Crippen molar-refractivity contribution in [3.8, 4) is 22.7 Å². The highest BCUT2D eigenvalue weighted by Crippen LogP contribution is 2.43. The summed E-state index contributed by atoms with van der Waals surface area (Å²) in [4.78, 5) is 18.8. The second-order valence-corrected chi connectivity index (χ2v) is 10.2. The molecule has 0 bridgehead atoms. The van der Waals surface area contributed by atoms with Gasteiger partial charge < -0.3 is 15.2 Å². The first-order valence-corrected chi connectivity index (χ1v) is 13.4. The van der Waals surface area contributed by atoms with E-state index in [0.717, 1.165) is 10.6 Å². The maximum Gasteiger partial charge on any atom is 0.338 e. The summed E-state index contributed by atoms with van der Waals surface area (Å²) in [7, 11) is 0. The third-order valence-corrected chi connectivity index (χ3v) is 7.91. The molecule has 3 aromatic rings. The number of allylic oxidation sites excluding steroid dienone is 1. The lowest BCUT2D eigenvalue weighted by Gasteiger charge is -2.28. The number of pyridine rings is 1. The van der Waals surface area contributed by atoms with Gasteiger partial charge in [0.05, 0.1) is 40.0 Å². The number of thioether (sulfide) groups is 1. The quantitative estimate of drug-likeness (QED) is 0.273. The monoisotopic (exact) mass is 578 g/mol. The van der Waals surface area contributed by atoms with Gasteiger partial charge in [0.15, 0.2) is 0 Å². The molecule has 36 heavy (non-hydrogen) atoms. The smallest absolute Gasteiger partial charge is 0.338 e. The van der Waals surface area contributed by atoms with Crippen LogP contribution >= 0.6 is 39.0 Å². The first kappa shape index (κ1) is 25.5. The van der Waals surface area contributed by atoms with E-state index in [4.69, 9.17) is 15.2 Å². The van der Waals surface area contributed by atoms with Crippen molar-refractivity contribution >= 4 is 45.0 Å². The highest BCUT2D eigenvalue weighted by atomic mass is 79.9. The zero-order chi connectivity index (χ0) is 25.7. The van der Waals surface area contributed by atoms with E-state index in [1.807, 2.05) is 41.8 Å². The Hall–Kier alpha value is -3.57. The highest BCUT2D eigenvalue weighted by Gasteiger charge is 2.38. The number of halogens is 1. The molecule has 2 aromatic heterocycles. The Morgan fingerprint density at radius 3 is 2.69 bits per heavy atom. The first-order chi connectivity index (χ1) is 17.5. The van der Waals surface area contributed by atoms with Gasteiger partial charge in [-0.05, 0) is 42.1 Å². The molecular formula is C26H19BrN4O3S2. The Balaban J connectivity index is 1.78. The summed E-state index contributed by atoms with van der Waals surface area (Å²) in [5, 5.41) is 22.0. The highest BCUT2D eigenvalue weighted by molar-refractivity contribution is 9.10. The largest absolute Gasteiger partial charge is 0.463 e. The van der Waals surface area contributed by atoms with Crippen LogP contribution in [-0.4, -0.2) is 23.3 Å². The maximum absolute atomic E-state index is 13.2. The van der Waals surface area contributed by atoms with Gasteiger partial charge in [-0.3, -0.25) is 0 Å². The van der Waals surface area contributed by atoms with Gasteiger partial charge in [0.25, 0.3) is 0 Å². The summed E-state index contributed by atoms with van der Waals surface area (Å²) in [6, 6.07) is 19.0. The Morgan fingerprint density at radius 2 is 2.03 bits per heavy atom. The summed E-state index contributed by atoms with van der Waals surface area (Å²) in [6.07, 6.45) is 0. The number of ether oxygens (including phenoxy) is 2. The summed E-state index contributed by atoms with van der Waals surface area (Å²) >= 11 is 6.32. The number of hydrogen-bond acceptors (Lipinski definition) is 9. The molecule has 0 unspecified atom stereocenters. The van der Waals surface area contributed by atoms with Gasteiger partial charge >= 0.3 is 5.97 Å². The molecule has 3 heterocycles. The second-order valence-electron chi connectivity index (χ2n) is 7.43. The van der Waals surface area contributed by atoms with Crippen LogP contribution in [0.5, 0.6) is 0 Å². The summed E-state index contributed by atoms with van der Waals surface area (Å²) in [6.45, 7) is 1.86. The average Bonchev–Trinajstić information content (AvgIpc) is 3.42. The van der Waals surface area contributed by atoms with Crippen molar-refractivity contribution in [3.05, 3.63) is 92.3 Å². The molecule has 1 aliphatic heterocycles. The fraction of sp³-hybridized carbons (Fsp3) is 0.154. The van der Waals surface area contributed by atoms with Crippen LogP contribution < -0.4 is 5.73 Å². The van der Waals surface area contributed by atoms with Crippen LogP contribution in [0.25, 0.3) is 10.6 Å². The van der Waals surface area contributed by atoms with Crippen LogP contribution in [0.2, 0.25) is 0 Å². The van der Waals surface area contributed by atoms with E-state index < -0.39 is 11.9 Å². The molecule has 2 N–H and O–H groups in total. The number of carbonyl (C=O) groups is 1. The molecule has 1 aromatic carbocycles. The lowest BCUT2D eigenvalue weighted by Crippen LogP contribution is -2.27. The summed E-state index contributed by atoms with van der Waals surface area (Å²) in [5.41, 5.74) is 8.30. The predicted octanol–water partition coefficient (Wildman–Crippen LogP) is 5.86. The van der Waals surface area contributed by atoms with E-state index in [0.29, 0.717) is 20.6 Å². The minimum absolute atomic E-state index is 0.0808. The van der Waals surface area contributed by atoms with Gasteiger partial charge in [-0.15, -0.1) is 11.3 Å². The third kappa shape index (κ3) is 5.17. The molecule has 0 amide bonds. The number of carbonyl (C=O) groups excluding carboxylic acids is 1. The van der Waals surface area contributed by atoms with Gasteiger partial charge in [0.2, 0.25) is 5.88 Å². The number of nitrogens with two attached hydrogens (primary N) is 1. The Kier molecular flexibility index (Phi) is 8.11. The second kappa shape index (κ2) is 11.4. The van der Waals surface area contributed by atoms with Crippen LogP contribution in [0, 0.1) is 22.7 Å². The maximum atomic E-state index is 13.2. The zero-order valence-electron chi connectivity index (χ0n) is 19.0. The molecule has 4 rings (SSSR count). The van der Waals surface area contributed by atoms with Gasteiger partial charge in [-0.25, -0.2) is 9.78 Å². The van der Waals surface area contributed by atoms with Crippen molar-refractivity contribution < 1.29 is 14.3 Å². The minimum atomic E-state index is -0.783. The van der Waals surface area contributed by atoms with Crippen LogP contribution in [0.1, 0.15) is 24.0 Å². The Labute approximate surface area is 225 Å². The van der Waals surface area contributed by atoms with E-state index in [2.05, 4.69) is 33.1 Å². The molecule has 0 aliphatic carbocycles. The molecule has 0 saturated heterocycles. The molecule has 0 radical (unpaired) electrons. The van der Waals surface area contributed by atoms with Crippen LogP contribution in [0.15, 0.2) is 86.2 Å². The number of thiophene rings is 1. The molecule has 0 fully saturated rings. The molecule has 1 aliphatic rings. The molecule has 7 nitrogen and oxygen atoms in total. The number of aromatic nitrogens is 1. The van der Waals surface area contributed by atoms with Gasteiger partial charge in [-0.2, -0.15) is 10.5 Å². The lowest BCUT2D eigenvalue weighted by atomic mass is 9.83. The van der Waals surface area contributed by atoms with Crippen molar-refractivity contribution in [2.75, 3.05) is 12.4 Å². The SMILES string of the molecule is CCOC(=O)C1=C(CSc2nc(-c3cccs3)ccc2C#N)OC(N)=C(C#N)[C@H]1c1ccccc1Br. The first-order valence-electron chi connectivity index (χ1n) is 10.8. The Bertz CT molecular complexity index is 1450. The number of nitriles is 2. The Morgan fingerprint density at radius 1 is 1.22 bits per heavy atom. The average molecular weight is 580 g/mol. The normalized spacial score (nSPS) is 15.2. The van der Waals surface area contributed by atoms with Gasteiger partial charge in [-0.1, -0.05) is 52.0 Å². The molecule has 1 atom stereocenters. The number of esters is 1. The van der Waals surface area contributed by atoms with Gasteiger partial charge in [0, 0.05) is 4.47 Å². The number of rotatable bonds is 7. The summed E-state index contributed by atoms with van der Waals surface area (Å²) < 4.78 is 11.9. The van der Waals surface area contributed by atoms with E-state index in [1.165, 1.54) is 11.8 Å². The molecule has 0 spiro atoms. The molecule has 0 saturated carbocycles. The van der Waals surface area contributed by atoms with E-state index in [-0.39, 0.29) is 35.1 Å². The number of hydrogen-bond donors (Lipinski definition) is 1. The van der Waals surface area contributed by atoms with Crippen LogP contribution in [0.3, 0.4) is 0 Å². The standard InChI is InChI=1S/C26H19BrN4O3S2/c1-2-33-26(32)23-20(34-24(30)17(13-29)22(23)16-6-3-4-7-18(16)27)14-36-25-15(12-28)9-10-19(31-25)21-8-5-11-35-21/h3-11,22H,2,14,30H2,1H3/t22-/m1/s1. The van der Waals surface area contributed by atoms with Crippen molar-refractivity contribution in [1.29, 1.82) is 10.5 Å². The van der Waals surface area contributed by atoms with Crippen LogP contribution in [0.4, 0.5) is 0 Å². The van der Waals surface area contributed by atoms with Crippen molar-refractivity contribution in [3.63, 3.8) is 0 Å². The third-order valence-electron chi connectivity index (χ3n) is 5.30.